The second-order valence-corrected chi connectivity index (χ2v) is 12.2. The molecule has 0 radical (unpaired) electrons. The molecule has 1 heterocycles. The predicted molar refractivity (Wildman–Crippen MR) is 124 cm³/mol. The Labute approximate surface area is 191 Å². The number of hydrogen-bond acceptors (Lipinski definition) is 8. The molecule has 2 aromatic rings. The molecule has 1 amide bonds. The molecule has 1 aromatic heterocycles. The SMILES string of the molecule is CN(C1CCCCC1)S(=O)(=O)c1ccc(NC(=O)CSc2nnc(NC3CC3)s2)cc1. The van der Waals surface area contributed by atoms with Crippen molar-refractivity contribution in [3.63, 3.8) is 0 Å². The standard InChI is InChI=1S/C20H27N5O3S3/c1-25(16-5-3-2-4-6-16)31(27,28)17-11-9-14(10-12-17)21-18(26)13-29-20-24-23-19(30-20)22-15-7-8-15/h9-12,15-16H,2-8,13H2,1H3,(H,21,26)(H,22,23). The quantitative estimate of drug-likeness (QED) is 0.525. The number of thioether (sulfide) groups is 1. The summed E-state index contributed by atoms with van der Waals surface area (Å²) in [5.41, 5.74) is 0.568. The van der Waals surface area contributed by atoms with Crippen molar-refractivity contribution in [2.45, 2.75) is 66.3 Å². The highest BCUT2D eigenvalue weighted by atomic mass is 32.2. The summed E-state index contributed by atoms with van der Waals surface area (Å²) in [5, 5.41) is 15.1. The van der Waals surface area contributed by atoms with Gasteiger partial charge in [0.15, 0.2) is 4.34 Å². The van der Waals surface area contributed by atoms with Crippen molar-refractivity contribution >= 4 is 49.8 Å². The maximum atomic E-state index is 12.9. The summed E-state index contributed by atoms with van der Waals surface area (Å²) in [5.74, 6) is 0.0366. The van der Waals surface area contributed by atoms with Crippen LogP contribution in [-0.2, 0) is 14.8 Å². The normalized spacial score (nSPS) is 17.6. The van der Waals surface area contributed by atoms with E-state index in [1.807, 2.05) is 0 Å². The van der Waals surface area contributed by atoms with Gasteiger partial charge in [0.25, 0.3) is 0 Å². The lowest BCUT2D eigenvalue weighted by molar-refractivity contribution is -0.113. The summed E-state index contributed by atoms with van der Waals surface area (Å²) in [4.78, 5) is 12.5. The predicted octanol–water partition coefficient (Wildman–Crippen LogP) is 3.80. The minimum atomic E-state index is -3.54. The first kappa shape index (κ1) is 22.5. The number of amides is 1. The molecule has 2 saturated carbocycles. The first-order chi connectivity index (χ1) is 14.9. The molecule has 2 fully saturated rings. The highest BCUT2D eigenvalue weighted by molar-refractivity contribution is 8.01. The zero-order valence-electron chi connectivity index (χ0n) is 17.4. The number of rotatable bonds is 9. The second kappa shape index (κ2) is 9.85. The van der Waals surface area contributed by atoms with Crippen LogP contribution >= 0.6 is 23.1 Å². The van der Waals surface area contributed by atoms with E-state index in [0.717, 1.165) is 35.2 Å². The fraction of sp³-hybridized carbons (Fsp3) is 0.550. The summed E-state index contributed by atoms with van der Waals surface area (Å²) in [7, 11) is -1.87. The molecule has 4 rings (SSSR count). The third-order valence-electron chi connectivity index (χ3n) is 5.54. The van der Waals surface area contributed by atoms with Crippen molar-refractivity contribution < 1.29 is 13.2 Å². The molecule has 1 aromatic carbocycles. The molecule has 168 valence electrons. The molecule has 0 unspecified atom stereocenters. The zero-order valence-corrected chi connectivity index (χ0v) is 19.9. The van der Waals surface area contributed by atoms with Crippen molar-refractivity contribution in [3.8, 4) is 0 Å². The Hall–Kier alpha value is -1.69. The third kappa shape index (κ3) is 5.97. The monoisotopic (exact) mass is 481 g/mol. The average molecular weight is 482 g/mol. The topological polar surface area (TPSA) is 104 Å². The van der Waals surface area contributed by atoms with Gasteiger partial charge in [-0.1, -0.05) is 42.4 Å². The number of anilines is 2. The lowest BCUT2D eigenvalue weighted by Crippen LogP contribution is -2.38. The van der Waals surface area contributed by atoms with Crippen LogP contribution in [0.1, 0.15) is 44.9 Å². The molecule has 2 N–H and O–H groups in total. The highest BCUT2D eigenvalue weighted by Gasteiger charge is 2.29. The van der Waals surface area contributed by atoms with E-state index in [4.69, 9.17) is 0 Å². The summed E-state index contributed by atoms with van der Waals surface area (Å²) in [6.07, 6.45) is 7.48. The highest BCUT2D eigenvalue weighted by Crippen LogP contribution is 2.30. The summed E-state index contributed by atoms with van der Waals surface area (Å²) < 4.78 is 28.1. The second-order valence-electron chi connectivity index (χ2n) is 7.97. The van der Waals surface area contributed by atoms with Crippen molar-refractivity contribution in [1.29, 1.82) is 0 Å². The Morgan fingerprint density at radius 1 is 1.13 bits per heavy atom. The Morgan fingerprint density at radius 2 is 1.84 bits per heavy atom. The molecule has 0 bridgehead atoms. The van der Waals surface area contributed by atoms with Crippen LogP contribution in [0, 0.1) is 0 Å². The van der Waals surface area contributed by atoms with Crippen LogP contribution in [0.4, 0.5) is 10.8 Å². The molecule has 2 aliphatic carbocycles. The maximum Gasteiger partial charge on any atom is 0.243 e. The average Bonchev–Trinajstić information content (AvgIpc) is 3.48. The molecular formula is C20H27N5O3S3. The fourth-order valence-corrected chi connectivity index (χ4v) is 6.62. The largest absolute Gasteiger partial charge is 0.357 e. The van der Waals surface area contributed by atoms with Gasteiger partial charge in [0.1, 0.15) is 0 Å². The maximum absolute atomic E-state index is 12.9. The van der Waals surface area contributed by atoms with Crippen molar-refractivity contribution in [2.75, 3.05) is 23.4 Å². The van der Waals surface area contributed by atoms with Crippen LogP contribution < -0.4 is 10.6 Å². The fourth-order valence-electron chi connectivity index (χ4n) is 3.57. The van der Waals surface area contributed by atoms with E-state index in [0.29, 0.717) is 11.7 Å². The van der Waals surface area contributed by atoms with E-state index in [2.05, 4.69) is 20.8 Å². The van der Waals surface area contributed by atoms with Crippen LogP contribution in [0.3, 0.4) is 0 Å². The van der Waals surface area contributed by atoms with Gasteiger partial charge in [-0.25, -0.2) is 8.42 Å². The molecule has 0 spiro atoms. The number of benzene rings is 1. The van der Waals surface area contributed by atoms with Crippen molar-refractivity contribution in [2.24, 2.45) is 0 Å². The number of hydrogen-bond donors (Lipinski definition) is 2. The van der Waals surface area contributed by atoms with Gasteiger partial charge in [-0.3, -0.25) is 4.79 Å². The molecule has 0 saturated heterocycles. The van der Waals surface area contributed by atoms with E-state index >= 15 is 0 Å². The van der Waals surface area contributed by atoms with Gasteiger partial charge >= 0.3 is 0 Å². The zero-order chi connectivity index (χ0) is 21.8. The van der Waals surface area contributed by atoms with Gasteiger partial charge in [0.2, 0.25) is 21.1 Å². The number of sulfonamides is 1. The summed E-state index contributed by atoms with van der Waals surface area (Å²) in [6.45, 7) is 0. The first-order valence-corrected chi connectivity index (χ1v) is 13.8. The lowest BCUT2D eigenvalue weighted by atomic mass is 9.96. The summed E-state index contributed by atoms with van der Waals surface area (Å²) >= 11 is 2.78. The van der Waals surface area contributed by atoms with E-state index in [-0.39, 0.29) is 22.6 Å². The van der Waals surface area contributed by atoms with Gasteiger partial charge in [0, 0.05) is 24.8 Å². The Bertz CT molecular complexity index is 999. The molecule has 31 heavy (non-hydrogen) atoms. The van der Waals surface area contributed by atoms with Crippen LogP contribution in [0.5, 0.6) is 0 Å². The van der Waals surface area contributed by atoms with E-state index < -0.39 is 10.0 Å². The number of nitrogens with one attached hydrogen (secondary N) is 2. The van der Waals surface area contributed by atoms with Crippen LogP contribution in [0.2, 0.25) is 0 Å². The molecule has 2 aliphatic rings. The number of carbonyl (C=O) groups excluding carboxylic acids is 1. The molecule has 0 atom stereocenters. The molecule has 8 nitrogen and oxygen atoms in total. The van der Waals surface area contributed by atoms with Crippen LogP contribution in [0.25, 0.3) is 0 Å². The van der Waals surface area contributed by atoms with Gasteiger partial charge in [0.05, 0.1) is 10.6 Å². The van der Waals surface area contributed by atoms with Crippen LogP contribution in [-0.4, -0.2) is 53.7 Å². The summed E-state index contributed by atoms with van der Waals surface area (Å²) in [6, 6.07) is 6.95. The van der Waals surface area contributed by atoms with Crippen molar-refractivity contribution in [3.05, 3.63) is 24.3 Å². The third-order valence-corrected chi connectivity index (χ3v) is 9.45. The minimum absolute atomic E-state index is 0.0653. The van der Waals surface area contributed by atoms with Gasteiger partial charge < -0.3 is 10.6 Å². The number of aromatic nitrogens is 2. The van der Waals surface area contributed by atoms with Gasteiger partial charge in [-0.2, -0.15) is 4.31 Å². The minimum Gasteiger partial charge on any atom is -0.357 e. The van der Waals surface area contributed by atoms with Gasteiger partial charge in [-0.05, 0) is 49.9 Å². The van der Waals surface area contributed by atoms with E-state index in [1.54, 1.807) is 31.3 Å². The Balaban J connectivity index is 1.29. The van der Waals surface area contributed by atoms with E-state index in [1.165, 1.54) is 46.7 Å². The number of nitrogens with zero attached hydrogens (tertiary/aromatic N) is 3. The molecule has 0 aliphatic heterocycles. The van der Waals surface area contributed by atoms with Crippen LogP contribution in [0.15, 0.2) is 33.5 Å². The smallest absolute Gasteiger partial charge is 0.243 e. The van der Waals surface area contributed by atoms with Crippen molar-refractivity contribution in [1.82, 2.24) is 14.5 Å². The molecular weight excluding hydrogens is 454 g/mol. The first-order valence-electron chi connectivity index (χ1n) is 10.5. The van der Waals surface area contributed by atoms with Gasteiger partial charge in [-0.15, -0.1) is 10.2 Å². The lowest BCUT2D eigenvalue weighted by Gasteiger charge is -2.30. The number of carbonyl (C=O) groups is 1. The Kier molecular flexibility index (Phi) is 7.15. The Morgan fingerprint density at radius 3 is 2.52 bits per heavy atom. The van der Waals surface area contributed by atoms with E-state index in [9.17, 15) is 13.2 Å². The molecule has 11 heteroatoms.